The number of hydrogen-bond donors (Lipinski definition) is 2. The number of hydrogen-bond acceptors (Lipinski definition) is 3. The van der Waals surface area contributed by atoms with E-state index in [0.29, 0.717) is 13.0 Å². The van der Waals surface area contributed by atoms with Gasteiger partial charge in [0.2, 0.25) is 5.91 Å². The van der Waals surface area contributed by atoms with Gasteiger partial charge in [0.25, 0.3) is 0 Å². The lowest BCUT2D eigenvalue weighted by Gasteiger charge is -2.13. The molecule has 1 heterocycles. The summed E-state index contributed by atoms with van der Waals surface area (Å²) in [5.74, 6) is 0.263. The Morgan fingerprint density at radius 1 is 1.53 bits per heavy atom. The molecule has 2 rings (SSSR count). The van der Waals surface area contributed by atoms with Crippen molar-refractivity contribution in [2.75, 3.05) is 24.7 Å². The molecule has 5 heteroatoms. The van der Waals surface area contributed by atoms with Gasteiger partial charge in [0.05, 0.1) is 0 Å². The molecule has 0 bridgehead atoms. The largest absolute Gasteiger partial charge is 0.384 e. The van der Waals surface area contributed by atoms with Crippen LogP contribution in [0.5, 0.6) is 0 Å². The Labute approximate surface area is 116 Å². The predicted octanol–water partition coefficient (Wildman–Crippen LogP) is 1.47. The summed E-state index contributed by atoms with van der Waals surface area (Å²) in [6.07, 6.45) is 2.14. The number of nitrogens with one attached hydrogen (secondary N) is 2. The number of fused-ring (bicyclic) bond motifs is 1. The third kappa shape index (κ3) is 3.56. The maximum Gasteiger partial charge on any atom is 0.220 e. The summed E-state index contributed by atoms with van der Waals surface area (Å²) >= 11 is 0. The molecule has 1 aromatic carbocycles. The van der Waals surface area contributed by atoms with Crippen molar-refractivity contribution >= 4 is 22.4 Å². The summed E-state index contributed by atoms with van der Waals surface area (Å²) in [6, 6.07) is 8.10. The Bertz CT molecular complexity index is 490. The van der Waals surface area contributed by atoms with Crippen molar-refractivity contribution in [3.8, 4) is 0 Å². The molecule has 19 heavy (non-hydrogen) atoms. The second kappa shape index (κ2) is 6.19. The summed E-state index contributed by atoms with van der Waals surface area (Å²) in [5, 5.41) is 6.17. The molecule has 1 amide bonds. The van der Waals surface area contributed by atoms with Crippen molar-refractivity contribution in [3.05, 3.63) is 29.8 Å². The Morgan fingerprint density at radius 3 is 3.00 bits per heavy atom. The van der Waals surface area contributed by atoms with Gasteiger partial charge in [-0.3, -0.25) is 9.00 Å². The molecule has 2 N–H and O–H groups in total. The first-order valence-corrected chi connectivity index (χ1v) is 8.11. The molecule has 3 unspecified atom stereocenters. The van der Waals surface area contributed by atoms with Crippen LogP contribution in [0, 0.1) is 0 Å². The van der Waals surface area contributed by atoms with Gasteiger partial charge >= 0.3 is 0 Å². The maximum absolute atomic E-state index is 11.9. The average molecular weight is 280 g/mol. The van der Waals surface area contributed by atoms with Crippen LogP contribution in [0.25, 0.3) is 0 Å². The van der Waals surface area contributed by atoms with Crippen molar-refractivity contribution < 1.29 is 9.00 Å². The highest BCUT2D eigenvalue weighted by Crippen LogP contribution is 2.32. The van der Waals surface area contributed by atoms with Crippen LogP contribution in [0.15, 0.2) is 24.3 Å². The van der Waals surface area contributed by atoms with Gasteiger partial charge in [-0.1, -0.05) is 18.2 Å². The molecule has 0 saturated heterocycles. The van der Waals surface area contributed by atoms with Gasteiger partial charge in [0, 0.05) is 53.4 Å². The van der Waals surface area contributed by atoms with E-state index in [9.17, 15) is 9.00 Å². The molecule has 0 aliphatic carbocycles. The lowest BCUT2D eigenvalue weighted by atomic mass is 9.97. The van der Waals surface area contributed by atoms with Crippen LogP contribution in [0.4, 0.5) is 5.69 Å². The fourth-order valence-corrected chi connectivity index (χ4v) is 2.53. The van der Waals surface area contributed by atoms with Crippen LogP contribution in [0.2, 0.25) is 0 Å². The van der Waals surface area contributed by atoms with Crippen molar-refractivity contribution in [2.24, 2.45) is 0 Å². The molecule has 1 aliphatic heterocycles. The van der Waals surface area contributed by atoms with E-state index in [1.165, 1.54) is 5.56 Å². The first-order chi connectivity index (χ1) is 9.08. The molecule has 3 atom stereocenters. The molecule has 0 aromatic heterocycles. The molecule has 1 aromatic rings. The van der Waals surface area contributed by atoms with E-state index in [4.69, 9.17) is 0 Å². The zero-order valence-corrected chi connectivity index (χ0v) is 12.1. The monoisotopic (exact) mass is 280 g/mol. The second-order valence-electron chi connectivity index (χ2n) is 4.98. The van der Waals surface area contributed by atoms with Gasteiger partial charge < -0.3 is 10.6 Å². The van der Waals surface area contributed by atoms with E-state index < -0.39 is 10.8 Å². The van der Waals surface area contributed by atoms with Gasteiger partial charge in [-0.2, -0.15) is 0 Å². The molecule has 1 aliphatic rings. The van der Waals surface area contributed by atoms with Crippen LogP contribution in [0.3, 0.4) is 0 Å². The Morgan fingerprint density at radius 2 is 2.26 bits per heavy atom. The second-order valence-corrected chi connectivity index (χ2v) is 6.78. The molecular weight excluding hydrogens is 260 g/mol. The first-order valence-electron chi connectivity index (χ1n) is 6.49. The van der Waals surface area contributed by atoms with Gasteiger partial charge in [0.15, 0.2) is 0 Å². The quantitative estimate of drug-likeness (QED) is 0.858. The Balaban J connectivity index is 1.86. The number of rotatable bonds is 5. The highest BCUT2D eigenvalue weighted by atomic mass is 32.2. The number of carbonyl (C=O) groups is 1. The van der Waals surface area contributed by atoms with E-state index in [1.807, 2.05) is 25.1 Å². The SMILES string of the molecule is CC(CNC(=O)CC1CNc2ccccc21)S(C)=O. The maximum atomic E-state index is 11.9. The number of amides is 1. The Kier molecular flexibility index (Phi) is 4.58. The summed E-state index contributed by atoms with van der Waals surface area (Å²) in [4.78, 5) is 11.9. The summed E-state index contributed by atoms with van der Waals surface area (Å²) in [6.45, 7) is 3.16. The average Bonchev–Trinajstić information content (AvgIpc) is 2.79. The van der Waals surface area contributed by atoms with Crippen molar-refractivity contribution in [1.82, 2.24) is 5.32 Å². The molecule has 0 fully saturated rings. The first kappa shape index (κ1) is 14.1. The molecular formula is C14H20N2O2S. The molecule has 0 radical (unpaired) electrons. The third-order valence-corrected chi connectivity index (χ3v) is 4.82. The third-order valence-electron chi connectivity index (χ3n) is 3.52. The van der Waals surface area contributed by atoms with Crippen LogP contribution in [0.1, 0.15) is 24.8 Å². The lowest BCUT2D eigenvalue weighted by Crippen LogP contribution is -2.33. The minimum absolute atomic E-state index is 0.00191. The highest BCUT2D eigenvalue weighted by molar-refractivity contribution is 7.84. The summed E-state index contributed by atoms with van der Waals surface area (Å²) in [5.41, 5.74) is 2.34. The molecule has 104 valence electrons. The minimum atomic E-state index is -0.894. The smallest absolute Gasteiger partial charge is 0.220 e. The van der Waals surface area contributed by atoms with Crippen LogP contribution in [-0.4, -0.2) is 34.7 Å². The van der Waals surface area contributed by atoms with E-state index >= 15 is 0 Å². The number of anilines is 1. The van der Waals surface area contributed by atoms with Gasteiger partial charge in [-0.05, 0) is 18.6 Å². The van der Waals surface area contributed by atoms with Gasteiger partial charge in [-0.25, -0.2) is 0 Å². The van der Waals surface area contributed by atoms with Crippen LogP contribution in [-0.2, 0) is 15.6 Å². The van der Waals surface area contributed by atoms with Crippen molar-refractivity contribution in [2.45, 2.75) is 24.5 Å². The molecule has 4 nitrogen and oxygen atoms in total. The zero-order valence-electron chi connectivity index (χ0n) is 11.3. The standard InChI is InChI=1S/C14H20N2O2S/c1-10(19(2)18)8-16-14(17)7-11-9-15-13-6-4-3-5-12(11)13/h3-6,10-11,15H,7-9H2,1-2H3,(H,16,17). The van der Waals surface area contributed by atoms with E-state index in [-0.39, 0.29) is 17.1 Å². The minimum Gasteiger partial charge on any atom is -0.384 e. The van der Waals surface area contributed by atoms with E-state index in [2.05, 4.69) is 16.7 Å². The Hall–Kier alpha value is -1.36. The predicted molar refractivity (Wildman–Crippen MR) is 78.8 cm³/mol. The molecule has 0 saturated carbocycles. The fraction of sp³-hybridized carbons (Fsp3) is 0.500. The summed E-state index contributed by atoms with van der Waals surface area (Å²) < 4.78 is 11.2. The van der Waals surface area contributed by atoms with Crippen LogP contribution >= 0.6 is 0 Å². The summed E-state index contributed by atoms with van der Waals surface area (Å²) in [7, 11) is -0.894. The highest BCUT2D eigenvalue weighted by Gasteiger charge is 2.24. The lowest BCUT2D eigenvalue weighted by molar-refractivity contribution is -0.121. The zero-order chi connectivity index (χ0) is 13.8. The topological polar surface area (TPSA) is 58.2 Å². The normalized spacial score (nSPS) is 20.2. The van der Waals surface area contributed by atoms with Gasteiger partial charge in [-0.15, -0.1) is 0 Å². The molecule has 0 spiro atoms. The van der Waals surface area contributed by atoms with Gasteiger partial charge in [0.1, 0.15) is 0 Å². The number of carbonyl (C=O) groups excluding carboxylic acids is 1. The van der Waals surface area contributed by atoms with Crippen molar-refractivity contribution in [1.29, 1.82) is 0 Å². The fourth-order valence-electron chi connectivity index (χ4n) is 2.21. The van der Waals surface area contributed by atoms with E-state index in [1.54, 1.807) is 6.26 Å². The van der Waals surface area contributed by atoms with Crippen molar-refractivity contribution in [3.63, 3.8) is 0 Å². The van der Waals surface area contributed by atoms with E-state index in [0.717, 1.165) is 12.2 Å². The number of para-hydroxylation sites is 1. The number of benzene rings is 1. The van der Waals surface area contributed by atoms with Crippen LogP contribution < -0.4 is 10.6 Å².